The number of rotatable bonds is 5. The minimum Gasteiger partial charge on any atom is -0.351 e. The maximum Gasteiger partial charge on any atom is 0.262 e. The highest BCUT2D eigenvalue weighted by molar-refractivity contribution is 7.21. The Morgan fingerprint density at radius 2 is 2.30 bits per heavy atom. The van der Waals surface area contributed by atoms with Gasteiger partial charge in [-0.2, -0.15) is 0 Å². The predicted octanol–water partition coefficient (Wildman–Crippen LogP) is 4.02. The standard InChI is InChI=1S/C16H15ClFN3OS/c1-10-19-6-8-21(10)7-2-5-20-16(22)15-14(17)12-4-3-11(18)9-13(12)23-15/h3-4,6,8-9H,2,5,7H2,1H3,(H,20,22). The molecule has 0 fully saturated rings. The lowest BCUT2D eigenvalue weighted by atomic mass is 10.2. The number of carbonyl (C=O) groups excluding carboxylic acids is 1. The summed E-state index contributed by atoms with van der Waals surface area (Å²) in [7, 11) is 0. The third-order valence-corrected chi connectivity index (χ3v) is 5.24. The zero-order valence-corrected chi connectivity index (χ0v) is 14.0. The second-order valence-corrected chi connectivity index (χ2v) is 6.59. The van der Waals surface area contributed by atoms with Crippen molar-refractivity contribution in [1.82, 2.24) is 14.9 Å². The molecule has 0 bridgehead atoms. The molecule has 0 radical (unpaired) electrons. The minimum absolute atomic E-state index is 0.223. The molecule has 23 heavy (non-hydrogen) atoms. The molecule has 0 saturated carbocycles. The number of nitrogens with zero attached hydrogens (tertiary/aromatic N) is 2. The van der Waals surface area contributed by atoms with Gasteiger partial charge in [0.25, 0.3) is 5.91 Å². The fourth-order valence-corrected chi connectivity index (χ4v) is 3.81. The first kappa shape index (κ1) is 16.0. The molecule has 1 amide bonds. The lowest BCUT2D eigenvalue weighted by Crippen LogP contribution is -2.24. The maximum atomic E-state index is 13.2. The number of aryl methyl sites for hydroxylation is 2. The Bertz CT molecular complexity index is 858. The van der Waals surface area contributed by atoms with Crippen molar-refractivity contribution in [2.45, 2.75) is 19.9 Å². The van der Waals surface area contributed by atoms with E-state index in [0.29, 0.717) is 26.5 Å². The molecule has 120 valence electrons. The van der Waals surface area contributed by atoms with Crippen LogP contribution >= 0.6 is 22.9 Å². The lowest BCUT2D eigenvalue weighted by Gasteiger charge is -2.06. The van der Waals surface area contributed by atoms with E-state index in [9.17, 15) is 9.18 Å². The van der Waals surface area contributed by atoms with Crippen LogP contribution in [0.5, 0.6) is 0 Å². The van der Waals surface area contributed by atoms with Gasteiger partial charge in [-0.25, -0.2) is 9.37 Å². The van der Waals surface area contributed by atoms with Gasteiger partial charge in [-0.15, -0.1) is 11.3 Å². The van der Waals surface area contributed by atoms with Crippen LogP contribution in [-0.4, -0.2) is 22.0 Å². The Morgan fingerprint density at radius 3 is 3.04 bits per heavy atom. The quantitative estimate of drug-likeness (QED) is 0.706. The molecule has 0 spiro atoms. The molecule has 2 aromatic heterocycles. The van der Waals surface area contributed by atoms with Crippen molar-refractivity contribution in [1.29, 1.82) is 0 Å². The number of amides is 1. The molecule has 0 unspecified atom stereocenters. The van der Waals surface area contributed by atoms with E-state index in [1.54, 1.807) is 12.3 Å². The summed E-state index contributed by atoms with van der Waals surface area (Å²) in [4.78, 5) is 16.8. The van der Waals surface area contributed by atoms with Crippen LogP contribution in [-0.2, 0) is 6.54 Å². The van der Waals surface area contributed by atoms with Gasteiger partial charge in [-0.1, -0.05) is 11.6 Å². The van der Waals surface area contributed by atoms with Crippen LogP contribution in [0, 0.1) is 12.7 Å². The van der Waals surface area contributed by atoms with Gasteiger partial charge in [-0.3, -0.25) is 4.79 Å². The van der Waals surface area contributed by atoms with E-state index in [1.165, 1.54) is 23.5 Å². The van der Waals surface area contributed by atoms with E-state index in [0.717, 1.165) is 18.8 Å². The van der Waals surface area contributed by atoms with Crippen LogP contribution < -0.4 is 5.32 Å². The van der Waals surface area contributed by atoms with Crippen molar-refractivity contribution >= 4 is 38.9 Å². The Balaban J connectivity index is 1.62. The van der Waals surface area contributed by atoms with Gasteiger partial charge in [0.2, 0.25) is 0 Å². The first-order chi connectivity index (χ1) is 11.1. The summed E-state index contributed by atoms with van der Waals surface area (Å²) in [5, 5.41) is 3.94. The number of thiophene rings is 1. The number of imidazole rings is 1. The first-order valence-electron chi connectivity index (χ1n) is 7.20. The zero-order valence-electron chi connectivity index (χ0n) is 12.5. The summed E-state index contributed by atoms with van der Waals surface area (Å²) in [6.45, 7) is 3.27. The van der Waals surface area contributed by atoms with E-state index >= 15 is 0 Å². The molecule has 0 aliphatic carbocycles. The van der Waals surface area contributed by atoms with Gasteiger partial charge in [0.1, 0.15) is 16.5 Å². The van der Waals surface area contributed by atoms with Crippen LogP contribution in [0.3, 0.4) is 0 Å². The number of aromatic nitrogens is 2. The summed E-state index contributed by atoms with van der Waals surface area (Å²) in [6, 6.07) is 4.34. The highest BCUT2D eigenvalue weighted by Gasteiger charge is 2.17. The molecule has 0 saturated heterocycles. The van der Waals surface area contributed by atoms with E-state index in [2.05, 4.69) is 10.3 Å². The van der Waals surface area contributed by atoms with Gasteiger partial charge in [-0.05, 0) is 31.5 Å². The van der Waals surface area contributed by atoms with Gasteiger partial charge in [0, 0.05) is 35.6 Å². The number of benzene rings is 1. The SMILES string of the molecule is Cc1nccn1CCCNC(=O)c1sc2cc(F)ccc2c1Cl. The smallest absolute Gasteiger partial charge is 0.262 e. The highest BCUT2D eigenvalue weighted by Crippen LogP contribution is 2.35. The number of halogens is 2. The Morgan fingerprint density at radius 1 is 1.48 bits per heavy atom. The van der Waals surface area contributed by atoms with Crippen LogP contribution in [0.2, 0.25) is 5.02 Å². The molecule has 1 N–H and O–H groups in total. The van der Waals surface area contributed by atoms with Gasteiger partial charge in [0.15, 0.2) is 0 Å². The number of fused-ring (bicyclic) bond motifs is 1. The van der Waals surface area contributed by atoms with Gasteiger partial charge >= 0.3 is 0 Å². The second kappa shape index (κ2) is 6.68. The third kappa shape index (κ3) is 3.38. The molecule has 7 heteroatoms. The van der Waals surface area contributed by atoms with E-state index in [1.807, 2.05) is 17.7 Å². The average Bonchev–Trinajstić information content (AvgIpc) is 3.07. The van der Waals surface area contributed by atoms with Crippen molar-refractivity contribution < 1.29 is 9.18 Å². The van der Waals surface area contributed by atoms with Crippen molar-refractivity contribution in [3.05, 3.63) is 52.1 Å². The van der Waals surface area contributed by atoms with E-state index in [-0.39, 0.29) is 11.7 Å². The molecule has 0 aliphatic rings. The fourth-order valence-electron chi connectivity index (χ4n) is 2.36. The Labute approximate surface area is 141 Å². The summed E-state index contributed by atoms with van der Waals surface area (Å²) in [5.41, 5.74) is 0. The summed E-state index contributed by atoms with van der Waals surface area (Å²) in [6.07, 6.45) is 4.46. The average molecular weight is 352 g/mol. The Kier molecular flexibility index (Phi) is 4.63. The van der Waals surface area contributed by atoms with Crippen molar-refractivity contribution in [2.24, 2.45) is 0 Å². The van der Waals surface area contributed by atoms with Crippen LogP contribution in [0.1, 0.15) is 21.9 Å². The molecular weight excluding hydrogens is 337 g/mol. The number of carbonyl (C=O) groups is 1. The third-order valence-electron chi connectivity index (χ3n) is 3.58. The summed E-state index contributed by atoms with van der Waals surface area (Å²) >= 11 is 7.44. The molecule has 1 aromatic carbocycles. The van der Waals surface area contributed by atoms with Gasteiger partial charge < -0.3 is 9.88 Å². The molecule has 0 aliphatic heterocycles. The molecule has 2 heterocycles. The molecule has 3 aromatic rings. The summed E-state index contributed by atoms with van der Waals surface area (Å²) in [5.74, 6) is 0.392. The Hall–Kier alpha value is -1.92. The van der Waals surface area contributed by atoms with Crippen molar-refractivity contribution in [3.8, 4) is 0 Å². The minimum atomic E-state index is -0.335. The van der Waals surface area contributed by atoms with Gasteiger partial charge in [0.05, 0.1) is 5.02 Å². The van der Waals surface area contributed by atoms with Crippen LogP contribution in [0.25, 0.3) is 10.1 Å². The summed E-state index contributed by atoms with van der Waals surface area (Å²) < 4.78 is 16.0. The molecular formula is C16H15ClFN3OS. The van der Waals surface area contributed by atoms with E-state index in [4.69, 9.17) is 11.6 Å². The first-order valence-corrected chi connectivity index (χ1v) is 8.39. The molecule has 3 rings (SSSR count). The van der Waals surface area contributed by atoms with E-state index < -0.39 is 0 Å². The van der Waals surface area contributed by atoms with Crippen molar-refractivity contribution in [2.75, 3.05) is 6.54 Å². The number of hydrogen-bond donors (Lipinski definition) is 1. The van der Waals surface area contributed by atoms with Crippen LogP contribution in [0.15, 0.2) is 30.6 Å². The zero-order chi connectivity index (χ0) is 16.4. The normalized spacial score (nSPS) is 11.1. The maximum absolute atomic E-state index is 13.2. The lowest BCUT2D eigenvalue weighted by molar-refractivity contribution is 0.0957. The highest BCUT2D eigenvalue weighted by atomic mass is 35.5. The monoisotopic (exact) mass is 351 g/mol. The molecule has 4 nitrogen and oxygen atoms in total. The van der Waals surface area contributed by atoms with Crippen molar-refractivity contribution in [3.63, 3.8) is 0 Å². The van der Waals surface area contributed by atoms with Crippen LogP contribution in [0.4, 0.5) is 4.39 Å². The predicted molar refractivity (Wildman–Crippen MR) is 90.7 cm³/mol. The molecule has 0 atom stereocenters. The fraction of sp³-hybridized carbons (Fsp3) is 0.250. The largest absolute Gasteiger partial charge is 0.351 e. The number of nitrogens with one attached hydrogen (secondary N) is 1. The second-order valence-electron chi connectivity index (χ2n) is 5.16. The topological polar surface area (TPSA) is 46.9 Å². The number of hydrogen-bond acceptors (Lipinski definition) is 3.